The van der Waals surface area contributed by atoms with Gasteiger partial charge in [0.25, 0.3) is 11.8 Å². The molecule has 2 amide bonds. The van der Waals surface area contributed by atoms with Gasteiger partial charge in [0.05, 0.1) is 18.1 Å². The summed E-state index contributed by atoms with van der Waals surface area (Å²) in [6, 6.07) is 4.94. The van der Waals surface area contributed by atoms with Gasteiger partial charge in [0, 0.05) is 51.4 Å². The van der Waals surface area contributed by atoms with Crippen molar-refractivity contribution in [3.05, 3.63) is 29.3 Å². The molecule has 1 unspecified atom stereocenters. The standard InChI is InChI=1S/C22H31N3O6S/c1-2-17-5-6-18(16-20(17)32(28,29)25-11-14-30-15-12-25)21(26)23-7-9-24(10-8-23)22(27)19-4-3-13-31-19/h5-6,16,19H,2-4,7-15H2,1H3. The van der Waals surface area contributed by atoms with Crippen LogP contribution < -0.4 is 0 Å². The van der Waals surface area contributed by atoms with Crippen molar-refractivity contribution in [2.45, 2.75) is 37.2 Å². The smallest absolute Gasteiger partial charge is 0.254 e. The predicted molar refractivity (Wildman–Crippen MR) is 117 cm³/mol. The Labute approximate surface area is 189 Å². The van der Waals surface area contributed by atoms with Crippen LogP contribution in [-0.4, -0.2) is 99.5 Å². The Bertz CT molecular complexity index is 946. The molecular weight excluding hydrogens is 434 g/mol. The minimum Gasteiger partial charge on any atom is -0.379 e. The Kier molecular flexibility index (Phi) is 7.14. The number of nitrogens with zero attached hydrogens (tertiary/aromatic N) is 3. The van der Waals surface area contributed by atoms with Gasteiger partial charge in [0.15, 0.2) is 0 Å². The highest BCUT2D eigenvalue weighted by atomic mass is 32.2. The third-order valence-corrected chi connectivity index (χ3v) is 8.35. The van der Waals surface area contributed by atoms with E-state index in [1.807, 2.05) is 6.92 Å². The summed E-state index contributed by atoms with van der Waals surface area (Å²) in [5.74, 6) is -0.212. The number of aryl methyl sites for hydroxylation is 1. The van der Waals surface area contributed by atoms with Gasteiger partial charge < -0.3 is 19.3 Å². The molecule has 0 radical (unpaired) electrons. The number of ether oxygens (including phenoxy) is 2. The molecule has 3 saturated heterocycles. The Morgan fingerprint density at radius 1 is 1.00 bits per heavy atom. The van der Waals surface area contributed by atoms with Crippen LogP contribution in [0.1, 0.15) is 35.7 Å². The molecule has 10 heteroatoms. The van der Waals surface area contributed by atoms with Gasteiger partial charge >= 0.3 is 0 Å². The summed E-state index contributed by atoms with van der Waals surface area (Å²) in [4.78, 5) is 29.3. The molecule has 0 saturated carbocycles. The lowest BCUT2D eigenvalue weighted by molar-refractivity contribution is -0.142. The Morgan fingerprint density at radius 2 is 1.69 bits per heavy atom. The first-order valence-electron chi connectivity index (χ1n) is 11.3. The number of hydrogen-bond donors (Lipinski definition) is 0. The Morgan fingerprint density at radius 3 is 2.31 bits per heavy atom. The largest absolute Gasteiger partial charge is 0.379 e. The van der Waals surface area contributed by atoms with E-state index in [9.17, 15) is 18.0 Å². The van der Waals surface area contributed by atoms with Crippen molar-refractivity contribution < 1.29 is 27.5 Å². The third-order valence-electron chi connectivity index (χ3n) is 6.37. The molecule has 32 heavy (non-hydrogen) atoms. The lowest BCUT2D eigenvalue weighted by atomic mass is 10.1. The number of amides is 2. The number of rotatable bonds is 5. The zero-order valence-corrected chi connectivity index (χ0v) is 19.3. The lowest BCUT2D eigenvalue weighted by Crippen LogP contribution is -2.52. The molecular formula is C22H31N3O6S. The van der Waals surface area contributed by atoms with Gasteiger partial charge in [-0.05, 0) is 37.0 Å². The number of hydrogen-bond acceptors (Lipinski definition) is 6. The topological polar surface area (TPSA) is 96.5 Å². The monoisotopic (exact) mass is 465 g/mol. The normalized spacial score (nSPS) is 22.8. The van der Waals surface area contributed by atoms with E-state index in [-0.39, 0.29) is 22.8 Å². The molecule has 0 aliphatic carbocycles. The van der Waals surface area contributed by atoms with Crippen molar-refractivity contribution in [2.75, 3.05) is 59.1 Å². The van der Waals surface area contributed by atoms with Gasteiger partial charge in [-0.25, -0.2) is 8.42 Å². The number of carbonyl (C=O) groups excluding carboxylic acids is 2. The van der Waals surface area contributed by atoms with E-state index in [0.29, 0.717) is 76.6 Å². The van der Waals surface area contributed by atoms with E-state index in [2.05, 4.69) is 0 Å². The summed E-state index contributed by atoms with van der Waals surface area (Å²) >= 11 is 0. The minimum atomic E-state index is -3.71. The number of morpholine rings is 1. The quantitative estimate of drug-likeness (QED) is 0.636. The maximum Gasteiger partial charge on any atom is 0.254 e. The molecule has 176 valence electrons. The molecule has 0 bridgehead atoms. The summed E-state index contributed by atoms with van der Waals surface area (Å²) in [5.41, 5.74) is 1.05. The highest BCUT2D eigenvalue weighted by molar-refractivity contribution is 7.89. The van der Waals surface area contributed by atoms with Gasteiger partial charge in [-0.3, -0.25) is 9.59 Å². The molecule has 1 aromatic carbocycles. The fourth-order valence-electron chi connectivity index (χ4n) is 4.43. The lowest BCUT2D eigenvalue weighted by Gasteiger charge is -2.36. The molecule has 0 aromatic heterocycles. The van der Waals surface area contributed by atoms with Crippen LogP contribution in [-0.2, 0) is 30.7 Å². The van der Waals surface area contributed by atoms with Gasteiger partial charge in [-0.1, -0.05) is 13.0 Å². The average molecular weight is 466 g/mol. The molecule has 3 aliphatic heterocycles. The zero-order valence-electron chi connectivity index (χ0n) is 18.5. The van der Waals surface area contributed by atoms with Crippen molar-refractivity contribution in [1.29, 1.82) is 0 Å². The first kappa shape index (κ1) is 23.2. The first-order chi connectivity index (χ1) is 15.4. The molecule has 0 N–H and O–H groups in total. The second-order valence-electron chi connectivity index (χ2n) is 8.31. The summed E-state index contributed by atoms with van der Waals surface area (Å²) < 4.78 is 38.7. The third kappa shape index (κ3) is 4.68. The number of benzene rings is 1. The fraction of sp³-hybridized carbons (Fsp3) is 0.636. The molecule has 3 heterocycles. The molecule has 4 rings (SSSR count). The van der Waals surface area contributed by atoms with Crippen molar-refractivity contribution in [3.8, 4) is 0 Å². The predicted octanol–water partition coefficient (Wildman–Crippen LogP) is 0.733. The van der Waals surface area contributed by atoms with E-state index in [0.717, 1.165) is 12.8 Å². The van der Waals surface area contributed by atoms with E-state index in [4.69, 9.17) is 9.47 Å². The summed E-state index contributed by atoms with van der Waals surface area (Å²) in [6.07, 6.45) is 1.85. The van der Waals surface area contributed by atoms with Crippen LogP contribution in [0.3, 0.4) is 0 Å². The van der Waals surface area contributed by atoms with Gasteiger partial charge in [0.2, 0.25) is 10.0 Å². The van der Waals surface area contributed by atoms with E-state index in [1.54, 1.807) is 21.9 Å². The number of piperazine rings is 1. The molecule has 3 aliphatic rings. The van der Waals surface area contributed by atoms with Crippen LogP contribution >= 0.6 is 0 Å². The highest BCUT2D eigenvalue weighted by Gasteiger charge is 2.33. The van der Waals surface area contributed by atoms with Crippen molar-refractivity contribution in [2.24, 2.45) is 0 Å². The van der Waals surface area contributed by atoms with Crippen LogP contribution in [0.2, 0.25) is 0 Å². The molecule has 1 atom stereocenters. The van der Waals surface area contributed by atoms with E-state index < -0.39 is 10.0 Å². The molecule has 1 aromatic rings. The van der Waals surface area contributed by atoms with Crippen molar-refractivity contribution in [1.82, 2.24) is 14.1 Å². The van der Waals surface area contributed by atoms with Crippen LogP contribution in [0.25, 0.3) is 0 Å². The number of sulfonamides is 1. The zero-order chi connectivity index (χ0) is 22.7. The summed E-state index contributed by atoms with van der Waals surface area (Å²) in [6.45, 7) is 5.62. The van der Waals surface area contributed by atoms with Crippen molar-refractivity contribution in [3.63, 3.8) is 0 Å². The molecule has 0 spiro atoms. The fourth-order valence-corrected chi connectivity index (χ4v) is 6.16. The van der Waals surface area contributed by atoms with Crippen LogP contribution in [0.15, 0.2) is 23.1 Å². The maximum absolute atomic E-state index is 13.3. The SMILES string of the molecule is CCc1ccc(C(=O)N2CCN(C(=O)C3CCCO3)CC2)cc1S(=O)(=O)N1CCOCC1. The van der Waals surface area contributed by atoms with Crippen LogP contribution in [0.5, 0.6) is 0 Å². The highest BCUT2D eigenvalue weighted by Crippen LogP contribution is 2.24. The van der Waals surface area contributed by atoms with E-state index in [1.165, 1.54) is 10.4 Å². The average Bonchev–Trinajstić information content (AvgIpc) is 3.38. The van der Waals surface area contributed by atoms with Crippen LogP contribution in [0, 0.1) is 0 Å². The second-order valence-corrected chi connectivity index (χ2v) is 10.2. The van der Waals surface area contributed by atoms with Gasteiger partial charge in [0.1, 0.15) is 6.10 Å². The Hall–Kier alpha value is -2.01. The summed E-state index contributed by atoms with van der Waals surface area (Å²) in [7, 11) is -3.71. The second kappa shape index (κ2) is 9.86. The first-order valence-corrected chi connectivity index (χ1v) is 12.8. The molecule has 9 nitrogen and oxygen atoms in total. The Balaban J connectivity index is 1.47. The van der Waals surface area contributed by atoms with Crippen molar-refractivity contribution >= 4 is 21.8 Å². The minimum absolute atomic E-state index is 0.000730. The van der Waals surface area contributed by atoms with Crippen LogP contribution in [0.4, 0.5) is 0 Å². The van der Waals surface area contributed by atoms with Gasteiger partial charge in [-0.15, -0.1) is 0 Å². The van der Waals surface area contributed by atoms with E-state index >= 15 is 0 Å². The number of carbonyl (C=O) groups is 2. The van der Waals surface area contributed by atoms with Gasteiger partial charge in [-0.2, -0.15) is 4.31 Å². The summed E-state index contributed by atoms with van der Waals surface area (Å²) in [5, 5.41) is 0. The maximum atomic E-state index is 13.3. The molecule has 3 fully saturated rings.